The molecule has 1 heterocycles. The number of rotatable bonds is 4. The van der Waals surface area contributed by atoms with Crippen LogP contribution in [0.1, 0.15) is 12.8 Å². The van der Waals surface area contributed by atoms with Gasteiger partial charge in [0.2, 0.25) is 0 Å². The van der Waals surface area contributed by atoms with Gasteiger partial charge in [0.1, 0.15) is 0 Å². The molecule has 0 saturated heterocycles. The first-order valence-corrected chi connectivity index (χ1v) is 5.40. The average Bonchev–Trinajstić information content (AvgIpc) is 2.28. The van der Waals surface area contributed by atoms with E-state index in [0.29, 0.717) is 12.1 Å². The molecule has 0 fully saturated rings. The van der Waals surface area contributed by atoms with E-state index < -0.39 is 12.6 Å². The van der Waals surface area contributed by atoms with E-state index in [2.05, 4.69) is 18.2 Å². The molecule has 1 aliphatic rings. The second-order valence-electron chi connectivity index (χ2n) is 3.78. The molecule has 0 unspecified atom stereocenters. The molecule has 0 aliphatic carbocycles. The Morgan fingerprint density at radius 3 is 2.56 bits per heavy atom. The summed E-state index contributed by atoms with van der Waals surface area (Å²) in [6.45, 7) is 7.01. The van der Waals surface area contributed by atoms with Crippen LogP contribution in [-0.4, -0.2) is 12.4 Å². The molecular formula is C14H14F3N. The number of hydrogen-bond acceptors (Lipinski definition) is 1. The van der Waals surface area contributed by atoms with Gasteiger partial charge in [-0.3, -0.25) is 4.99 Å². The molecule has 0 amide bonds. The van der Waals surface area contributed by atoms with E-state index >= 15 is 0 Å². The number of halogens is 3. The van der Waals surface area contributed by atoms with Crippen LogP contribution in [0, 0.1) is 0 Å². The lowest BCUT2D eigenvalue weighted by Gasteiger charge is -2.09. The van der Waals surface area contributed by atoms with Crippen molar-refractivity contribution in [3.63, 3.8) is 0 Å². The van der Waals surface area contributed by atoms with Crippen LogP contribution in [0.25, 0.3) is 0 Å². The molecule has 0 atom stereocenters. The summed E-state index contributed by atoms with van der Waals surface area (Å²) in [4.78, 5) is 4.09. The summed E-state index contributed by atoms with van der Waals surface area (Å²) in [6.07, 6.45) is 4.54. The van der Waals surface area contributed by atoms with Crippen LogP contribution in [0.15, 0.2) is 65.4 Å². The van der Waals surface area contributed by atoms with Crippen LogP contribution in [-0.2, 0) is 0 Å². The van der Waals surface area contributed by atoms with Gasteiger partial charge in [-0.1, -0.05) is 37.5 Å². The number of allylic oxidation sites excluding steroid dienone is 7. The van der Waals surface area contributed by atoms with Crippen LogP contribution in [0.3, 0.4) is 0 Å². The second-order valence-corrected chi connectivity index (χ2v) is 3.78. The molecule has 0 aromatic heterocycles. The van der Waals surface area contributed by atoms with Crippen LogP contribution < -0.4 is 0 Å². The van der Waals surface area contributed by atoms with Gasteiger partial charge in [-0.05, 0) is 17.2 Å². The predicted octanol–water partition coefficient (Wildman–Crippen LogP) is 4.52. The maximum atomic E-state index is 12.3. The van der Waals surface area contributed by atoms with Crippen molar-refractivity contribution >= 4 is 6.21 Å². The van der Waals surface area contributed by atoms with Crippen molar-refractivity contribution in [1.82, 2.24) is 0 Å². The van der Waals surface area contributed by atoms with Crippen molar-refractivity contribution in [2.24, 2.45) is 4.99 Å². The number of hydrogen-bond donors (Lipinski definition) is 0. The van der Waals surface area contributed by atoms with Crippen molar-refractivity contribution in [1.29, 1.82) is 0 Å². The lowest BCUT2D eigenvalue weighted by atomic mass is 10.1. The van der Waals surface area contributed by atoms with Gasteiger partial charge in [0.05, 0.1) is 6.42 Å². The van der Waals surface area contributed by atoms with Gasteiger partial charge in [-0.25, -0.2) is 0 Å². The highest BCUT2D eigenvalue weighted by molar-refractivity contribution is 5.84. The summed E-state index contributed by atoms with van der Waals surface area (Å²) >= 11 is 0. The first-order chi connectivity index (χ1) is 8.44. The minimum Gasteiger partial charge on any atom is -0.260 e. The molecular weight excluding hydrogens is 239 g/mol. The predicted molar refractivity (Wildman–Crippen MR) is 68.4 cm³/mol. The van der Waals surface area contributed by atoms with Crippen molar-refractivity contribution in [3.05, 3.63) is 60.4 Å². The molecule has 4 heteroatoms. The lowest BCUT2D eigenvalue weighted by Crippen LogP contribution is -2.08. The lowest BCUT2D eigenvalue weighted by molar-refractivity contribution is -0.126. The van der Waals surface area contributed by atoms with Gasteiger partial charge in [0, 0.05) is 18.3 Å². The summed E-state index contributed by atoms with van der Waals surface area (Å²) < 4.78 is 37.0. The van der Waals surface area contributed by atoms with Gasteiger partial charge in [-0.2, -0.15) is 13.2 Å². The molecule has 1 nitrogen and oxygen atoms in total. The highest BCUT2D eigenvalue weighted by Gasteiger charge is 2.28. The van der Waals surface area contributed by atoms with Gasteiger partial charge in [0.15, 0.2) is 0 Å². The number of nitrogens with zero attached hydrogens (tertiary/aromatic N) is 1. The largest absolute Gasteiger partial charge is 0.393 e. The van der Waals surface area contributed by atoms with Gasteiger partial charge in [0.25, 0.3) is 0 Å². The van der Waals surface area contributed by atoms with Crippen LogP contribution >= 0.6 is 0 Å². The maximum absolute atomic E-state index is 12.3. The highest BCUT2D eigenvalue weighted by Crippen LogP contribution is 2.27. The third-order valence-corrected chi connectivity index (χ3v) is 2.25. The van der Waals surface area contributed by atoms with E-state index in [4.69, 9.17) is 0 Å². The topological polar surface area (TPSA) is 12.4 Å². The zero-order valence-electron chi connectivity index (χ0n) is 9.87. The summed E-state index contributed by atoms with van der Waals surface area (Å²) in [5, 5.41) is 0. The van der Waals surface area contributed by atoms with E-state index in [9.17, 15) is 13.2 Å². The zero-order valence-corrected chi connectivity index (χ0v) is 9.87. The third-order valence-electron chi connectivity index (χ3n) is 2.25. The smallest absolute Gasteiger partial charge is 0.260 e. The fraction of sp³-hybridized carbons (Fsp3) is 0.214. The minimum atomic E-state index is -4.23. The molecule has 1 aliphatic heterocycles. The molecule has 96 valence electrons. The average molecular weight is 253 g/mol. The summed E-state index contributed by atoms with van der Waals surface area (Å²) in [5.41, 5.74) is 1.62. The first-order valence-electron chi connectivity index (χ1n) is 5.40. The Bertz CT molecular complexity index is 448. The molecule has 0 N–H and O–H groups in total. The van der Waals surface area contributed by atoms with Crippen LogP contribution in [0.4, 0.5) is 13.2 Å². The monoisotopic (exact) mass is 253 g/mol. The highest BCUT2D eigenvalue weighted by atomic mass is 19.4. The first kappa shape index (κ1) is 14.2. The fourth-order valence-corrected chi connectivity index (χ4v) is 1.47. The van der Waals surface area contributed by atoms with E-state index in [0.717, 1.165) is 5.57 Å². The van der Waals surface area contributed by atoms with Gasteiger partial charge < -0.3 is 0 Å². The molecule has 1 rings (SSSR count). The number of aliphatic imine (C=N–C) groups is 1. The molecule has 0 spiro atoms. The Labute approximate surface area is 104 Å². The summed E-state index contributed by atoms with van der Waals surface area (Å²) in [7, 11) is 0. The molecule has 0 saturated carbocycles. The van der Waals surface area contributed by atoms with E-state index in [1.165, 1.54) is 18.2 Å². The van der Waals surface area contributed by atoms with Crippen LogP contribution in [0.2, 0.25) is 0 Å². The van der Waals surface area contributed by atoms with E-state index in [1.54, 1.807) is 12.3 Å². The summed E-state index contributed by atoms with van der Waals surface area (Å²) in [6, 6.07) is 0. The van der Waals surface area contributed by atoms with Crippen molar-refractivity contribution in [2.75, 3.05) is 0 Å². The SMILES string of the molecule is C=C/C=C(\C=C1/CC=C(C=C)C=N1)CC(F)(F)F. The number of dihydropyridines is 1. The number of alkyl halides is 3. The Balaban J connectivity index is 2.83. The van der Waals surface area contributed by atoms with Crippen LogP contribution in [0.5, 0.6) is 0 Å². The van der Waals surface area contributed by atoms with E-state index in [-0.39, 0.29) is 5.57 Å². The second kappa shape index (κ2) is 6.19. The Morgan fingerprint density at radius 2 is 2.11 bits per heavy atom. The molecule has 0 aromatic rings. The van der Waals surface area contributed by atoms with Crippen molar-refractivity contribution in [2.45, 2.75) is 19.0 Å². The zero-order chi connectivity index (χ0) is 13.6. The normalized spacial score (nSPS) is 18.7. The fourth-order valence-electron chi connectivity index (χ4n) is 1.47. The Kier molecular flexibility index (Phi) is 4.89. The molecule has 0 aromatic carbocycles. The Hall–Kier alpha value is -1.84. The van der Waals surface area contributed by atoms with Gasteiger partial charge >= 0.3 is 6.18 Å². The van der Waals surface area contributed by atoms with Crippen molar-refractivity contribution < 1.29 is 13.2 Å². The van der Waals surface area contributed by atoms with Crippen molar-refractivity contribution in [3.8, 4) is 0 Å². The summed E-state index contributed by atoms with van der Waals surface area (Å²) in [5.74, 6) is 0. The molecule has 18 heavy (non-hydrogen) atoms. The molecule has 0 bridgehead atoms. The quantitative estimate of drug-likeness (QED) is 0.653. The van der Waals surface area contributed by atoms with E-state index in [1.807, 2.05) is 6.08 Å². The molecule has 0 radical (unpaired) electrons. The maximum Gasteiger partial charge on any atom is 0.393 e. The minimum absolute atomic E-state index is 0.153. The third kappa shape index (κ3) is 4.99. The standard InChI is InChI=1S/C14H14F3N/c1-3-5-12(9-14(15,16)17)8-13-7-6-11(4-2)10-18-13/h3-6,8,10H,1-2,7,9H2/b12-5+,13-8+. The van der Waals surface area contributed by atoms with Gasteiger partial charge in [-0.15, -0.1) is 0 Å². The Morgan fingerprint density at radius 1 is 1.39 bits per heavy atom.